The summed E-state index contributed by atoms with van der Waals surface area (Å²) in [6.45, 7) is 3.88. The van der Waals surface area contributed by atoms with Gasteiger partial charge < -0.3 is 14.4 Å². The van der Waals surface area contributed by atoms with Crippen molar-refractivity contribution in [1.29, 1.82) is 0 Å². The van der Waals surface area contributed by atoms with Gasteiger partial charge in [0.15, 0.2) is 0 Å². The number of aromatic nitrogens is 2. The van der Waals surface area contributed by atoms with Crippen LogP contribution in [0.3, 0.4) is 0 Å². The molecule has 0 saturated carbocycles. The lowest BCUT2D eigenvalue weighted by Gasteiger charge is -2.04. The molecule has 0 atom stereocenters. The molecule has 0 aliphatic heterocycles. The van der Waals surface area contributed by atoms with Crippen LogP contribution in [0.2, 0.25) is 0 Å². The molecule has 17 heavy (non-hydrogen) atoms. The Bertz CT molecular complexity index is 534. The number of rotatable bonds is 5. The van der Waals surface area contributed by atoms with Gasteiger partial charge in [-0.15, -0.1) is 0 Å². The fourth-order valence-electron chi connectivity index (χ4n) is 1.68. The number of imidazole rings is 1. The highest BCUT2D eigenvalue weighted by molar-refractivity contribution is 5.92. The van der Waals surface area contributed by atoms with Crippen molar-refractivity contribution < 1.29 is 14.6 Å². The Balaban J connectivity index is 2.30. The van der Waals surface area contributed by atoms with Gasteiger partial charge in [0, 0.05) is 13.2 Å². The van der Waals surface area contributed by atoms with Crippen molar-refractivity contribution in [1.82, 2.24) is 9.55 Å². The number of hydrogen-bond donors (Lipinski definition) is 1. The zero-order chi connectivity index (χ0) is 12.3. The molecule has 5 nitrogen and oxygen atoms in total. The number of nitrogens with zero attached hydrogens (tertiary/aromatic N) is 2. The molecule has 1 heterocycles. The Morgan fingerprint density at radius 1 is 1.53 bits per heavy atom. The number of hydrogen-bond acceptors (Lipinski definition) is 3. The minimum atomic E-state index is -0.926. The summed E-state index contributed by atoms with van der Waals surface area (Å²) in [5, 5.41) is 8.93. The first-order valence-corrected chi connectivity index (χ1v) is 5.48. The third-order valence-electron chi connectivity index (χ3n) is 2.55. The second kappa shape index (κ2) is 4.97. The summed E-state index contributed by atoms with van der Waals surface area (Å²) in [4.78, 5) is 15.1. The van der Waals surface area contributed by atoms with Gasteiger partial charge in [0.05, 0.1) is 29.5 Å². The lowest BCUT2D eigenvalue weighted by atomic mass is 10.2. The third-order valence-corrected chi connectivity index (χ3v) is 2.55. The second-order valence-electron chi connectivity index (χ2n) is 3.64. The van der Waals surface area contributed by atoms with Crippen molar-refractivity contribution in [3.05, 3.63) is 30.1 Å². The summed E-state index contributed by atoms with van der Waals surface area (Å²) in [6.07, 6.45) is 1.70. The highest BCUT2D eigenvalue weighted by Gasteiger charge is 2.07. The molecule has 0 spiro atoms. The average Bonchev–Trinajstić information content (AvgIpc) is 2.72. The predicted octanol–water partition coefficient (Wildman–Crippen LogP) is 1.77. The molecular formula is C12H14N2O3. The minimum absolute atomic E-state index is 0.274. The molecule has 0 radical (unpaired) electrons. The van der Waals surface area contributed by atoms with Crippen LogP contribution in [-0.2, 0) is 11.3 Å². The SMILES string of the molecule is CCOCCn1cnc2ccc(C(=O)O)cc21. The first-order chi connectivity index (χ1) is 8.22. The van der Waals surface area contributed by atoms with Crippen molar-refractivity contribution in [2.75, 3.05) is 13.2 Å². The molecule has 1 aromatic heterocycles. The summed E-state index contributed by atoms with van der Waals surface area (Å²) in [5.74, 6) is -0.926. The van der Waals surface area contributed by atoms with Crippen molar-refractivity contribution in [3.8, 4) is 0 Å². The molecule has 0 aliphatic rings. The van der Waals surface area contributed by atoms with Crippen LogP contribution < -0.4 is 0 Å². The van der Waals surface area contributed by atoms with Crippen molar-refractivity contribution in [2.45, 2.75) is 13.5 Å². The van der Waals surface area contributed by atoms with Crippen LogP contribution in [0.15, 0.2) is 24.5 Å². The Kier molecular flexibility index (Phi) is 3.39. The maximum absolute atomic E-state index is 10.9. The Hall–Kier alpha value is -1.88. The molecule has 0 saturated heterocycles. The Morgan fingerprint density at radius 2 is 2.35 bits per heavy atom. The van der Waals surface area contributed by atoms with Crippen molar-refractivity contribution in [2.24, 2.45) is 0 Å². The maximum atomic E-state index is 10.9. The van der Waals surface area contributed by atoms with E-state index >= 15 is 0 Å². The van der Waals surface area contributed by atoms with Crippen molar-refractivity contribution in [3.63, 3.8) is 0 Å². The quantitative estimate of drug-likeness (QED) is 0.801. The van der Waals surface area contributed by atoms with Gasteiger partial charge in [0.1, 0.15) is 0 Å². The highest BCUT2D eigenvalue weighted by Crippen LogP contribution is 2.15. The van der Waals surface area contributed by atoms with Gasteiger partial charge in [-0.2, -0.15) is 0 Å². The number of benzene rings is 1. The monoisotopic (exact) mass is 234 g/mol. The third kappa shape index (κ3) is 2.45. The van der Waals surface area contributed by atoms with Crippen LogP contribution in [0, 0.1) is 0 Å². The molecule has 0 bridgehead atoms. The lowest BCUT2D eigenvalue weighted by molar-refractivity contribution is 0.0697. The minimum Gasteiger partial charge on any atom is -0.478 e. The van der Waals surface area contributed by atoms with E-state index in [1.807, 2.05) is 11.5 Å². The van der Waals surface area contributed by atoms with Crippen LogP contribution in [0.4, 0.5) is 0 Å². The van der Waals surface area contributed by atoms with Crippen LogP contribution in [0.5, 0.6) is 0 Å². The molecule has 0 unspecified atom stereocenters. The highest BCUT2D eigenvalue weighted by atomic mass is 16.5. The zero-order valence-electron chi connectivity index (χ0n) is 9.59. The van der Waals surface area contributed by atoms with Crippen LogP contribution in [0.1, 0.15) is 17.3 Å². The van der Waals surface area contributed by atoms with E-state index in [1.54, 1.807) is 24.5 Å². The van der Waals surface area contributed by atoms with Gasteiger partial charge in [-0.25, -0.2) is 9.78 Å². The van der Waals surface area contributed by atoms with E-state index in [0.717, 1.165) is 11.0 Å². The van der Waals surface area contributed by atoms with Crippen molar-refractivity contribution >= 4 is 17.0 Å². The maximum Gasteiger partial charge on any atom is 0.335 e. The fraction of sp³-hybridized carbons (Fsp3) is 0.333. The molecule has 1 aromatic carbocycles. The molecule has 2 rings (SSSR count). The van der Waals surface area contributed by atoms with Crippen LogP contribution in [0.25, 0.3) is 11.0 Å². The summed E-state index contributed by atoms with van der Waals surface area (Å²) < 4.78 is 7.17. The van der Waals surface area contributed by atoms with Crippen LogP contribution >= 0.6 is 0 Å². The predicted molar refractivity (Wildman–Crippen MR) is 63.2 cm³/mol. The number of aromatic carboxylic acids is 1. The van der Waals surface area contributed by atoms with Gasteiger partial charge >= 0.3 is 5.97 Å². The smallest absolute Gasteiger partial charge is 0.335 e. The van der Waals surface area contributed by atoms with Gasteiger partial charge in [0.2, 0.25) is 0 Å². The topological polar surface area (TPSA) is 64.4 Å². The fourth-order valence-corrected chi connectivity index (χ4v) is 1.68. The first-order valence-electron chi connectivity index (χ1n) is 5.48. The largest absolute Gasteiger partial charge is 0.478 e. The molecule has 0 fully saturated rings. The van der Waals surface area contributed by atoms with Gasteiger partial charge in [0.25, 0.3) is 0 Å². The van der Waals surface area contributed by atoms with E-state index in [0.29, 0.717) is 19.8 Å². The lowest BCUT2D eigenvalue weighted by Crippen LogP contribution is -2.05. The summed E-state index contributed by atoms with van der Waals surface area (Å²) in [7, 11) is 0. The summed E-state index contributed by atoms with van der Waals surface area (Å²) in [6, 6.07) is 4.91. The number of carboxylic acids is 1. The second-order valence-corrected chi connectivity index (χ2v) is 3.64. The van der Waals surface area contributed by atoms with E-state index in [2.05, 4.69) is 4.98 Å². The zero-order valence-corrected chi connectivity index (χ0v) is 9.59. The van der Waals surface area contributed by atoms with Gasteiger partial charge in [-0.05, 0) is 25.1 Å². The van der Waals surface area contributed by atoms with E-state index < -0.39 is 5.97 Å². The summed E-state index contributed by atoms with van der Waals surface area (Å²) >= 11 is 0. The standard InChI is InChI=1S/C12H14N2O3/c1-2-17-6-5-14-8-13-10-4-3-9(12(15)16)7-11(10)14/h3-4,7-8H,2,5-6H2,1H3,(H,15,16). The Morgan fingerprint density at radius 3 is 3.06 bits per heavy atom. The molecule has 0 aliphatic carbocycles. The van der Waals surface area contributed by atoms with Gasteiger partial charge in [-0.1, -0.05) is 0 Å². The summed E-state index contributed by atoms with van der Waals surface area (Å²) in [5.41, 5.74) is 1.90. The van der Waals surface area contributed by atoms with E-state index in [-0.39, 0.29) is 5.56 Å². The first kappa shape index (κ1) is 11.6. The van der Waals surface area contributed by atoms with Gasteiger partial charge in [-0.3, -0.25) is 0 Å². The van der Waals surface area contributed by atoms with E-state index in [4.69, 9.17) is 9.84 Å². The van der Waals surface area contributed by atoms with Crippen LogP contribution in [-0.4, -0.2) is 33.8 Å². The molecule has 0 amide bonds. The normalized spacial score (nSPS) is 10.9. The average molecular weight is 234 g/mol. The van der Waals surface area contributed by atoms with E-state index in [9.17, 15) is 4.79 Å². The molecule has 2 aromatic rings. The number of ether oxygens (including phenoxy) is 1. The molecule has 5 heteroatoms. The number of carboxylic acid groups (broad SMARTS) is 1. The molecule has 1 N–H and O–H groups in total. The molecular weight excluding hydrogens is 220 g/mol. The number of carbonyl (C=O) groups is 1. The number of fused-ring (bicyclic) bond motifs is 1. The Labute approximate surface area is 98.6 Å². The molecule has 90 valence electrons. The van der Waals surface area contributed by atoms with E-state index in [1.165, 1.54) is 0 Å².